The first-order chi connectivity index (χ1) is 13.1. The molecule has 0 unspecified atom stereocenters. The normalized spacial score (nSPS) is 19.6. The largest absolute Gasteiger partial charge is 0.496 e. The van der Waals surface area contributed by atoms with Gasteiger partial charge in [0.05, 0.1) is 13.7 Å². The first-order valence-corrected chi connectivity index (χ1v) is 9.44. The number of aliphatic hydroxyl groups excluding tert-OH is 1. The van der Waals surface area contributed by atoms with Crippen LogP contribution in [0.15, 0.2) is 48.5 Å². The summed E-state index contributed by atoms with van der Waals surface area (Å²) in [5.74, 6) is 1.49. The molecular weight excluding hydrogens is 366 g/mol. The van der Waals surface area contributed by atoms with Crippen LogP contribution in [0.25, 0.3) is 0 Å². The lowest BCUT2D eigenvalue weighted by molar-refractivity contribution is -0.137. The summed E-state index contributed by atoms with van der Waals surface area (Å²) in [4.78, 5) is 14.2. The van der Waals surface area contributed by atoms with Crippen molar-refractivity contribution in [3.63, 3.8) is 0 Å². The van der Waals surface area contributed by atoms with Gasteiger partial charge < -0.3 is 19.5 Å². The van der Waals surface area contributed by atoms with Crippen molar-refractivity contribution in [2.75, 3.05) is 20.2 Å². The van der Waals surface area contributed by atoms with Gasteiger partial charge in [-0.1, -0.05) is 29.8 Å². The number of nitrogens with zero attached hydrogens (tertiary/aromatic N) is 1. The van der Waals surface area contributed by atoms with E-state index in [1.807, 2.05) is 24.3 Å². The summed E-state index contributed by atoms with van der Waals surface area (Å²) in [7, 11) is 1.63. The lowest BCUT2D eigenvalue weighted by Gasteiger charge is -2.36. The minimum absolute atomic E-state index is 0.0323. The zero-order valence-corrected chi connectivity index (χ0v) is 16.1. The van der Waals surface area contributed by atoms with Crippen LogP contribution in [0.4, 0.5) is 0 Å². The number of halogens is 1. The lowest BCUT2D eigenvalue weighted by Crippen LogP contribution is -2.51. The molecule has 0 bridgehead atoms. The van der Waals surface area contributed by atoms with Crippen molar-refractivity contribution in [3.05, 3.63) is 59.1 Å². The molecule has 1 aliphatic rings. The average Bonchev–Trinajstić information content (AvgIpc) is 2.69. The van der Waals surface area contributed by atoms with Gasteiger partial charge in [0.25, 0.3) is 0 Å². The maximum absolute atomic E-state index is 12.5. The van der Waals surface area contributed by atoms with Crippen molar-refractivity contribution in [1.29, 1.82) is 0 Å². The van der Waals surface area contributed by atoms with Gasteiger partial charge in [-0.3, -0.25) is 4.79 Å². The molecule has 0 aromatic heterocycles. The van der Waals surface area contributed by atoms with Gasteiger partial charge in [-0.05, 0) is 42.3 Å². The van der Waals surface area contributed by atoms with E-state index in [0.717, 1.165) is 11.3 Å². The van der Waals surface area contributed by atoms with Crippen LogP contribution in [0.1, 0.15) is 18.4 Å². The van der Waals surface area contributed by atoms with Crippen LogP contribution in [0, 0.1) is 0 Å². The molecule has 1 amide bonds. The van der Waals surface area contributed by atoms with E-state index in [1.165, 1.54) is 0 Å². The molecule has 3 rings (SSSR count). The highest BCUT2D eigenvalue weighted by molar-refractivity contribution is 6.30. The van der Waals surface area contributed by atoms with E-state index in [4.69, 9.17) is 21.1 Å². The summed E-state index contributed by atoms with van der Waals surface area (Å²) >= 11 is 5.87. The zero-order valence-electron chi connectivity index (χ0n) is 15.3. The molecule has 0 spiro atoms. The fourth-order valence-corrected chi connectivity index (χ4v) is 3.40. The summed E-state index contributed by atoms with van der Waals surface area (Å²) in [5.41, 5.74) is 1.01. The number of benzene rings is 2. The van der Waals surface area contributed by atoms with Crippen molar-refractivity contribution in [1.82, 2.24) is 4.90 Å². The highest BCUT2D eigenvalue weighted by Gasteiger charge is 2.31. The van der Waals surface area contributed by atoms with Gasteiger partial charge in [0.15, 0.2) is 0 Å². The molecule has 1 saturated heterocycles. The first-order valence-electron chi connectivity index (χ1n) is 9.07. The number of carbonyl (C=O) groups is 1. The fourth-order valence-electron chi connectivity index (χ4n) is 3.27. The third kappa shape index (κ3) is 5.15. The second-order valence-electron chi connectivity index (χ2n) is 6.62. The topological polar surface area (TPSA) is 59.0 Å². The minimum atomic E-state index is -0.718. The number of amides is 1. The molecule has 2 aromatic carbocycles. The Morgan fingerprint density at radius 2 is 1.96 bits per heavy atom. The van der Waals surface area contributed by atoms with Gasteiger partial charge in [-0.15, -0.1) is 0 Å². The maximum atomic E-state index is 12.5. The van der Waals surface area contributed by atoms with Crippen LogP contribution in [-0.2, 0) is 11.2 Å². The van der Waals surface area contributed by atoms with Gasteiger partial charge in [-0.25, -0.2) is 0 Å². The number of methoxy groups -OCH3 is 1. The van der Waals surface area contributed by atoms with Crippen LogP contribution in [-0.4, -0.2) is 48.3 Å². The number of likely N-dealkylation sites (tertiary alicyclic amines) is 1. The number of para-hydroxylation sites is 1. The Morgan fingerprint density at radius 1 is 1.22 bits per heavy atom. The minimum Gasteiger partial charge on any atom is -0.496 e. The Bertz CT molecular complexity index is 765. The predicted octanol–water partition coefficient (Wildman–Crippen LogP) is 3.32. The quantitative estimate of drug-likeness (QED) is 0.823. The maximum Gasteiger partial charge on any atom is 0.222 e. The number of ether oxygens (including phenoxy) is 2. The van der Waals surface area contributed by atoms with E-state index in [-0.39, 0.29) is 18.6 Å². The highest BCUT2D eigenvalue weighted by Crippen LogP contribution is 2.23. The van der Waals surface area contributed by atoms with Crippen LogP contribution in [0.5, 0.6) is 11.5 Å². The smallest absolute Gasteiger partial charge is 0.222 e. The van der Waals surface area contributed by atoms with E-state index in [2.05, 4.69) is 0 Å². The molecule has 27 heavy (non-hydrogen) atoms. The van der Waals surface area contributed by atoms with Gasteiger partial charge in [-0.2, -0.15) is 0 Å². The summed E-state index contributed by atoms with van der Waals surface area (Å²) in [6.45, 7) is 0.850. The third-order valence-electron chi connectivity index (χ3n) is 4.77. The molecule has 0 aliphatic carbocycles. The molecule has 0 saturated carbocycles. The van der Waals surface area contributed by atoms with Crippen molar-refractivity contribution < 1.29 is 19.4 Å². The van der Waals surface area contributed by atoms with Crippen molar-refractivity contribution >= 4 is 17.5 Å². The number of aliphatic hydroxyl groups is 1. The number of carbonyl (C=O) groups excluding carboxylic acids is 1. The second-order valence-corrected chi connectivity index (χ2v) is 7.05. The number of aryl methyl sites for hydroxylation is 1. The SMILES string of the molecule is COc1ccccc1CCC(=O)N1CC[C@@H](Oc2ccc(Cl)cc2)[C@H](O)C1. The molecule has 6 heteroatoms. The summed E-state index contributed by atoms with van der Waals surface area (Å²) in [5, 5.41) is 11.0. The number of hydrogen-bond donors (Lipinski definition) is 1. The van der Waals surface area contributed by atoms with Crippen molar-refractivity contribution in [3.8, 4) is 11.5 Å². The molecule has 144 valence electrons. The van der Waals surface area contributed by atoms with Gasteiger partial charge in [0, 0.05) is 24.4 Å². The van der Waals surface area contributed by atoms with Gasteiger partial charge >= 0.3 is 0 Å². The van der Waals surface area contributed by atoms with Crippen molar-refractivity contribution in [2.45, 2.75) is 31.5 Å². The van der Waals surface area contributed by atoms with Crippen LogP contribution in [0.2, 0.25) is 5.02 Å². The molecule has 5 nitrogen and oxygen atoms in total. The van der Waals surface area contributed by atoms with E-state index in [0.29, 0.717) is 36.6 Å². The van der Waals surface area contributed by atoms with Crippen LogP contribution in [0.3, 0.4) is 0 Å². The van der Waals surface area contributed by atoms with E-state index < -0.39 is 6.10 Å². The summed E-state index contributed by atoms with van der Waals surface area (Å²) < 4.78 is 11.2. The Morgan fingerprint density at radius 3 is 2.67 bits per heavy atom. The second kappa shape index (κ2) is 9.11. The molecular formula is C21H24ClNO4. The number of hydrogen-bond acceptors (Lipinski definition) is 4. The number of piperidine rings is 1. The van der Waals surface area contributed by atoms with E-state index in [1.54, 1.807) is 36.3 Å². The van der Waals surface area contributed by atoms with Crippen LogP contribution < -0.4 is 9.47 Å². The highest BCUT2D eigenvalue weighted by atomic mass is 35.5. The monoisotopic (exact) mass is 389 g/mol. The Balaban J connectivity index is 1.51. The Labute approximate surface area is 164 Å². The summed E-state index contributed by atoms with van der Waals surface area (Å²) in [6, 6.07) is 14.8. The molecule has 0 radical (unpaired) electrons. The lowest BCUT2D eigenvalue weighted by atomic mass is 10.0. The molecule has 1 aliphatic heterocycles. The predicted molar refractivity (Wildman–Crippen MR) is 104 cm³/mol. The average molecular weight is 390 g/mol. The standard InChI is InChI=1S/C21H24ClNO4/c1-26-19-5-3-2-4-15(19)6-11-21(25)23-13-12-20(18(24)14-23)27-17-9-7-16(22)8-10-17/h2-5,7-10,18,20,24H,6,11-14H2,1H3/t18-,20-/m1/s1. The summed E-state index contributed by atoms with van der Waals surface area (Å²) in [6.07, 6.45) is 0.536. The van der Waals surface area contributed by atoms with Gasteiger partial charge in [0.1, 0.15) is 23.7 Å². The van der Waals surface area contributed by atoms with Crippen LogP contribution >= 0.6 is 11.6 Å². The third-order valence-corrected chi connectivity index (χ3v) is 5.03. The zero-order chi connectivity index (χ0) is 19.2. The number of rotatable bonds is 6. The van der Waals surface area contributed by atoms with E-state index in [9.17, 15) is 9.90 Å². The first kappa shape index (κ1) is 19.5. The fraction of sp³-hybridized carbons (Fsp3) is 0.381. The molecule has 2 atom stereocenters. The Hall–Kier alpha value is -2.24. The molecule has 1 N–H and O–H groups in total. The molecule has 1 heterocycles. The van der Waals surface area contributed by atoms with E-state index >= 15 is 0 Å². The molecule has 1 fully saturated rings. The number of β-amino-alcohol motifs (C(OH)–C–C–N with tert-alkyl or cyclic N) is 1. The molecule has 2 aromatic rings. The van der Waals surface area contributed by atoms with Gasteiger partial charge in [0.2, 0.25) is 5.91 Å². The Kier molecular flexibility index (Phi) is 6.58. The van der Waals surface area contributed by atoms with Crippen molar-refractivity contribution in [2.24, 2.45) is 0 Å².